The Bertz CT molecular complexity index is 224. The highest BCUT2D eigenvalue weighted by Gasteiger charge is 2.39. The zero-order chi connectivity index (χ0) is 13.6. The predicted molar refractivity (Wildman–Crippen MR) is 80.1 cm³/mol. The van der Waals surface area contributed by atoms with Crippen molar-refractivity contribution in [1.29, 1.82) is 0 Å². The van der Waals surface area contributed by atoms with Gasteiger partial charge in [0.05, 0.1) is 0 Å². The molecule has 1 unspecified atom stereocenters. The lowest BCUT2D eigenvalue weighted by Crippen LogP contribution is -2.57. The van der Waals surface area contributed by atoms with E-state index in [9.17, 15) is 0 Å². The summed E-state index contributed by atoms with van der Waals surface area (Å²) in [6.45, 7) is 9.29. The van der Waals surface area contributed by atoms with E-state index in [0.29, 0.717) is 5.54 Å². The van der Waals surface area contributed by atoms with Crippen LogP contribution in [-0.2, 0) is 0 Å². The van der Waals surface area contributed by atoms with Crippen LogP contribution in [0.25, 0.3) is 0 Å². The monoisotopic (exact) mass is 255 g/mol. The number of rotatable bonds is 9. The van der Waals surface area contributed by atoms with Gasteiger partial charge in [0.15, 0.2) is 0 Å². The fourth-order valence-corrected chi connectivity index (χ4v) is 3.02. The van der Waals surface area contributed by atoms with Crippen molar-refractivity contribution in [1.82, 2.24) is 15.1 Å². The average Bonchev–Trinajstić information content (AvgIpc) is 2.23. The van der Waals surface area contributed by atoms with Crippen LogP contribution in [0.4, 0.5) is 0 Å². The Kier molecular flexibility index (Phi) is 6.61. The third kappa shape index (κ3) is 4.52. The van der Waals surface area contributed by atoms with Gasteiger partial charge in [0.2, 0.25) is 0 Å². The minimum absolute atomic E-state index is 0.464. The van der Waals surface area contributed by atoms with E-state index in [-0.39, 0.29) is 0 Å². The van der Waals surface area contributed by atoms with Gasteiger partial charge >= 0.3 is 0 Å². The molecule has 0 radical (unpaired) electrons. The normalized spacial score (nSPS) is 20.2. The number of nitrogens with zero attached hydrogens (tertiary/aromatic N) is 2. The average molecular weight is 255 g/mol. The summed E-state index contributed by atoms with van der Waals surface area (Å²) in [6, 6.07) is 0. The van der Waals surface area contributed by atoms with Gasteiger partial charge in [-0.2, -0.15) is 0 Å². The van der Waals surface area contributed by atoms with E-state index >= 15 is 0 Å². The van der Waals surface area contributed by atoms with E-state index in [1.165, 1.54) is 38.8 Å². The van der Waals surface area contributed by atoms with Gasteiger partial charge < -0.3 is 15.1 Å². The third-order valence-electron chi connectivity index (χ3n) is 4.34. The number of hydrogen-bond acceptors (Lipinski definition) is 3. The van der Waals surface area contributed by atoms with Gasteiger partial charge in [0.25, 0.3) is 0 Å². The molecular formula is C15H33N3. The first kappa shape index (κ1) is 15.9. The van der Waals surface area contributed by atoms with Gasteiger partial charge in [-0.05, 0) is 65.8 Å². The molecule has 0 aromatic rings. The quantitative estimate of drug-likeness (QED) is 0.636. The van der Waals surface area contributed by atoms with Gasteiger partial charge in [-0.1, -0.05) is 13.8 Å². The Morgan fingerprint density at radius 1 is 1.22 bits per heavy atom. The second-order valence-corrected chi connectivity index (χ2v) is 6.48. The lowest BCUT2D eigenvalue weighted by Gasteiger charge is -2.49. The molecule has 0 spiro atoms. The van der Waals surface area contributed by atoms with Gasteiger partial charge in [-0.15, -0.1) is 0 Å². The highest BCUT2D eigenvalue weighted by Crippen LogP contribution is 2.36. The van der Waals surface area contributed by atoms with Crippen molar-refractivity contribution < 1.29 is 0 Å². The minimum Gasteiger partial charge on any atom is -0.316 e. The molecule has 18 heavy (non-hydrogen) atoms. The van der Waals surface area contributed by atoms with Crippen molar-refractivity contribution in [2.24, 2.45) is 5.92 Å². The van der Waals surface area contributed by atoms with Crippen LogP contribution in [0.1, 0.15) is 39.5 Å². The van der Waals surface area contributed by atoms with Gasteiger partial charge in [-0.3, -0.25) is 0 Å². The van der Waals surface area contributed by atoms with E-state index in [2.05, 4.69) is 50.1 Å². The van der Waals surface area contributed by atoms with Crippen LogP contribution in [0.5, 0.6) is 0 Å². The lowest BCUT2D eigenvalue weighted by atomic mass is 9.75. The highest BCUT2D eigenvalue weighted by atomic mass is 15.2. The second-order valence-electron chi connectivity index (χ2n) is 6.48. The van der Waals surface area contributed by atoms with Crippen LogP contribution >= 0.6 is 0 Å². The topological polar surface area (TPSA) is 18.5 Å². The molecule has 0 amide bonds. The lowest BCUT2D eigenvalue weighted by molar-refractivity contribution is 0.0247. The predicted octanol–water partition coefficient (Wildman–Crippen LogP) is 2.04. The van der Waals surface area contributed by atoms with Crippen LogP contribution in [0.3, 0.4) is 0 Å². The Morgan fingerprint density at radius 3 is 2.33 bits per heavy atom. The fourth-order valence-electron chi connectivity index (χ4n) is 3.02. The largest absolute Gasteiger partial charge is 0.316 e. The summed E-state index contributed by atoms with van der Waals surface area (Å²) in [5.41, 5.74) is 0.464. The van der Waals surface area contributed by atoms with Crippen molar-refractivity contribution in [2.75, 3.05) is 47.3 Å². The molecule has 0 saturated heterocycles. The third-order valence-corrected chi connectivity index (χ3v) is 4.34. The van der Waals surface area contributed by atoms with Crippen LogP contribution in [0.15, 0.2) is 0 Å². The summed E-state index contributed by atoms with van der Waals surface area (Å²) >= 11 is 0. The summed E-state index contributed by atoms with van der Waals surface area (Å²) < 4.78 is 0. The molecule has 0 heterocycles. The SMILES string of the molecule is CCCNCC(C)CN(C)CC1(N(C)C)CCC1. The van der Waals surface area contributed by atoms with Crippen LogP contribution in [0, 0.1) is 5.92 Å². The highest BCUT2D eigenvalue weighted by molar-refractivity contribution is 4.97. The Labute approximate surface area is 114 Å². The molecule has 0 aliphatic heterocycles. The molecule has 0 bridgehead atoms. The van der Waals surface area contributed by atoms with Crippen molar-refractivity contribution >= 4 is 0 Å². The van der Waals surface area contributed by atoms with Gasteiger partial charge in [0, 0.05) is 18.6 Å². The molecular weight excluding hydrogens is 222 g/mol. The molecule has 0 aromatic heterocycles. The number of likely N-dealkylation sites (N-methyl/N-ethyl adjacent to an activating group) is 2. The Morgan fingerprint density at radius 2 is 1.89 bits per heavy atom. The van der Waals surface area contributed by atoms with E-state index in [1.54, 1.807) is 0 Å². The first-order valence-electron chi connectivity index (χ1n) is 7.57. The van der Waals surface area contributed by atoms with Crippen LogP contribution in [-0.4, -0.2) is 62.7 Å². The molecule has 1 N–H and O–H groups in total. The zero-order valence-electron chi connectivity index (χ0n) is 13.1. The standard InChI is InChI=1S/C15H33N3/c1-6-10-16-11-14(2)12-18(5)13-15(17(3)4)8-7-9-15/h14,16H,6-13H2,1-5H3. The summed E-state index contributed by atoms with van der Waals surface area (Å²) in [6.07, 6.45) is 5.37. The molecule has 1 rings (SSSR count). The smallest absolute Gasteiger partial charge is 0.0330 e. The molecule has 1 saturated carbocycles. The van der Waals surface area contributed by atoms with E-state index in [4.69, 9.17) is 0 Å². The number of hydrogen-bond donors (Lipinski definition) is 1. The molecule has 1 aliphatic carbocycles. The first-order valence-corrected chi connectivity index (χ1v) is 7.57. The maximum absolute atomic E-state index is 3.52. The summed E-state index contributed by atoms with van der Waals surface area (Å²) in [5, 5.41) is 3.52. The summed E-state index contributed by atoms with van der Waals surface area (Å²) in [4.78, 5) is 4.96. The van der Waals surface area contributed by atoms with Crippen LogP contribution < -0.4 is 5.32 Å². The van der Waals surface area contributed by atoms with E-state index in [1.807, 2.05) is 0 Å². The molecule has 0 aromatic carbocycles. The fraction of sp³-hybridized carbons (Fsp3) is 1.00. The molecule has 3 nitrogen and oxygen atoms in total. The number of nitrogens with one attached hydrogen (secondary N) is 1. The summed E-state index contributed by atoms with van der Waals surface area (Å²) in [5.74, 6) is 0.737. The van der Waals surface area contributed by atoms with Crippen molar-refractivity contribution in [3.63, 3.8) is 0 Å². The van der Waals surface area contributed by atoms with Gasteiger partial charge in [-0.25, -0.2) is 0 Å². The maximum Gasteiger partial charge on any atom is 0.0330 e. The maximum atomic E-state index is 3.52. The minimum atomic E-state index is 0.464. The zero-order valence-corrected chi connectivity index (χ0v) is 13.1. The van der Waals surface area contributed by atoms with Crippen molar-refractivity contribution in [3.8, 4) is 0 Å². The molecule has 3 heteroatoms. The van der Waals surface area contributed by atoms with E-state index < -0.39 is 0 Å². The molecule has 1 aliphatic rings. The van der Waals surface area contributed by atoms with Gasteiger partial charge in [0.1, 0.15) is 0 Å². The second kappa shape index (κ2) is 7.46. The summed E-state index contributed by atoms with van der Waals surface area (Å²) in [7, 11) is 6.75. The van der Waals surface area contributed by atoms with Crippen molar-refractivity contribution in [3.05, 3.63) is 0 Å². The molecule has 1 fully saturated rings. The Balaban J connectivity index is 2.25. The van der Waals surface area contributed by atoms with Crippen molar-refractivity contribution in [2.45, 2.75) is 45.1 Å². The molecule has 1 atom stereocenters. The Hall–Kier alpha value is -0.120. The van der Waals surface area contributed by atoms with E-state index in [0.717, 1.165) is 19.0 Å². The molecule has 108 valence electrons. The first-order chi connectivity index (χ1) is 8.50. The van der Waals surface area contributed by atoms with Crippen LogP contribution in [0.2, 0.25) is 0 Å².